The normalized spacial score (nSPS) is 13.9. The van der Waals surface area contributed by atoms with Gasteiger partial charge in [0.25, 0.3) is 0 Å². The maximum absolute atomic E-state index is 13.2. The fourth-order valence-corrected chi connectivity index (χ4v) is 2.69. The number of amides is 2. The lowest BCUT2D eigenvalue weighted by Crippen LogP contribution is -2.38. The minimum Gasteiger partial charge on any atom is -0.340 e. The van der Waals surface area contributed by atoms with Gasteiger partial charge in [0.1, 0.15) is 11.6 Å². The van der Waals surface area contributed by atoms with Crippen molar-refractivity contribution in [2.75, 3.05) is 13.6 Å². The van der Waals surface area contributed by atoms with E-state index in [4.69, 9.17) is 4.52 Å². The lowest BCUT2D eigenvalue weighted by Gasteiger charge is -2.16. The molecule has 1 fully saturated rings. The van der Waals surface area contributed by atoms with Crippen LogP contribution in [0.15, 0.2) is 22.7 Å². The third-order valence-electron chi connectivity index (χ3n) is 4.26. The number of hydrogen-bond acceptors (Lipinski definition) is 5. The summed E-state index contributed by atoms with van der Waals surface area (Å²) in [5, 5.41) is 6.73. The number of carbonyl (C=O) groups excluding carboxylic acids is 1. The predicted octanol–water partition coefficient (Wildman–Crippen LogP) is 2.35. The van der Waals surface area contributed by atoms with Crippen molar-refractivity contribution in [3.8, 4) is 0 Å². The lowest BCUT2D eigenvalue weighted by atomic mass is 10.3. The van der Waals surface area contributed by atoms with E-state index >= 15 is 0 Å². The molecule has 3 aromatic rings. The van der Waals surface area contributed by atoms with Crippen LogP contribution in [0.2, 0.25) is 0 Å². The molecule has 1 aromatic carbocycles. The van der Waals surface area contributed by atoms with Crippen LogP contribution in [-0.4, -0.2) is 44.6 Å². The van der Waals surface area contributed by atoms with Gasteiger partial charge in [-0.05, 0) is 31.0 Å². The van der Waals surface area contributed by atoms with Crippen LogP contribution in [0.4, 0.5) is 9.18 Å². The number of H-pyrrole nitrogens is 1. The minimum absolute atomic E-state index is 0.234. The average molecular weight is 358 g/mol. The first-order valence-electron chi connectivity index (χ1n) is 8.54. The number of nitrogens with one attached hydrogen (secondary N) is 2. The van der Waals surface area contributed by atoms with Crippen molar-refractivity contribution in [2.45, 2.75) is 31.7 Å². The van der Waals surface area contributed by atoms with Gasteiger partial charge in [0.2, 0.25) is 5.89 Å². The largest absolute Gasteiger partial charge is 0.340 e. The molecule has 8 nitrogen and oxygen atoms in total. The SMILES string of the molecule is CN(Cc1nc2ccc(F)cc2[nH]1)C(=O)NCCc1noc(C2CC2)n1. The predicted molar refractivity (Wildman–Crippen MR) is 90.9 cm³/mol. The van der Waals surface area contributed by atoms with Gasteiger partial charge in [-0.15, -0.1) is 0 Å². The topological polar surface area (TPSA) is 99.9 Å². The number of carbonyl (C=O) groups is 1. The van der Waals surface area contributed by atoms with E-state index in [0.717, 1.165) is 12.8 Å². The highest BCUT2D eigenvalue weighted by atomic mass is 19.1. The molecule has 9 heteroatoms. The van der Waals surface area contributed by atoms with Crippen molar-refractivity contribution in [1.82, 2.24) is 30.3 Å². The summed E-state index contributed by atoms with van der Waals surface area (Å²) in [6.45, 7) is 0.703. The molecular formula is C17H19FN6O2. The second kappa shape index (κ2) is 6.74. The molecule has 1 aliphatic rings. The first-order valence-corrected chi connectivity index (χ1v) is 8.54. The first-order chi connectivity index (χ1) is 12.6. The van der Waals surface area contributed by atoms with Crippen molar-refractivity contribution < 1.29 is 13.7 Å². The van der Waals surface area contributed by atoms with Gasteiger partial charge in [0.05, 0.1) is 17.6 Å². The van der Waals surface area contributed by atoms with Crippen LogP contribution >= 0.6 is 0 Å². The summed E-state index contributed by atoms with van der Waals surface area (Å²) >= 11 is 0. The summed E-state index contributed by atoms with van der Waals surface area (Å²) in [7, 11) is 1.67. The summed E-state index contributed by atoms with van der Waals surface area (Å²) in [5.74, 6) is 1.99. The van der Waals surface area contributed by atoms with E-state index in [-0.39, 0.29) is 18.4 Å². The van der Waals surface area contributed by atoms with E-state index < -0.39 is 0 Å². The van der Waals surface area contributed by atoms with Crippen molar-refractivity contribution in [2.24, 2.45) is 0 Å². The first kappa shape index (κ1) is 16.5. The third kappa shape index (κ3) is 3.66. The van der Waals surface area contributed by atoms with Gasteiger partial charge in [0.15, 0.2) is 5.82 Å². The van der Waals surface area contributed by atoms with Crippen LogP contribution in [0, 0.1) is 5.82 Å². The molecule has 2 amide bonds. The highest BCUT2D eigenvalue weighted by molar-refractivity contribution is 5.76. The molecule has 0 spiro atoms. The maximum atomic E-state index is 13.2. The van der Waals surface area contributed by atoms with Crippen molar-refractivity contribution >= 4 is 17.1 Å². The smallest absolute Gasteiger partial charge is 0.317 e. The molecule has 0 atom stereocenters. The molecule has 2 aromatic heterocycles. The Morgan fingerprint density at radius 2 is 2.27 bits per heavy atom. The second-order valence-electron chi connectivity index (χ2n) is 6.51. The number of nitrogens with zero attached hydrogens (tertiary/aromatic N) is 4. The molecule has 2 N–H and O–H groups in total. The molecule has 0 unspecified atom stereocenters. The zero-order chi connectivity index (χ0) is 18.1. The van der Waals surface area contributed by atoms with Gasteiger partial charge in [-0.3, -0.25) is 0 Å². The Morgan fingerprint density at radius 1 is 1.42 bits per heavy atom. The Balaban J connectivity index is 1.27. The fourth-order valence-electron chi connectivity index (χ4n) is 2.69. The van der Waals surface area contributed by atoms with E-state index in [9.17, 15) is 9.18 Å². The minimum atomic E-state index is -0.329. The van der Waals surface area contributed by atoms with E-state index in [1.165, 1.54) is 17.0 Å². The lowest BCUT2D eigenvalue weighted by molar-refractivity contribution is 0.206. The maximum Gasteiger partial charge on any atom is 0.317 e. The summed E-state index contributed by atoms with van der Waals surface area (Å²) < 4.78 is 18.4. The van der Waals surface area contributed by atoms with Gasteiger partial charge >= 0.3 is 6.03 Å². The number of rotatable bonds is 6. The molecule has 1 saturated carbocycles. The van der Waals surface area contributed by atoms with E-state index in [1.807, 2.05) is 0 Å². The van der Waals surface area contributed by atoms with Gasteiger partial charge in [-0.2, -0.15) is 4.98 Å². The summed E-state index contributed by atoms with van der Waals surface area (Å²) in [4.78, 5) is 25.4. The number of aromatic amines is 1. The van der Waals surface area contributed by atoms with Crippen LogP contribution in [0.25, 0.3) is 11.0 Å². The molecule has 1 aliphatic carbocycles. The van der Waals surface area contributed by atoms with Crippen molar-refractivity contribution in [1.29, 1.82) is 0 Å². The van der Waals surface area contributed by atoms with Crippen LogP contribution in [0.5, 0.6) is 0 Å². The van der Waals surface area contributed by atoms with Crippen LogP contribution < -0.4 is 5.32 Å². The van der Waals surface area contributed by atoms with Crippen molar-refractivity contribution in [3.63, 3.8) is 0 Å². The fraction of sp³-hybridized carbons (Fsp3) is 0.412. The van der Waals surface area contributed by atoms with Gasteiger partial charge < -0.3 is 19.7 Å². The average Bonchev–Trinajstić information content (AvgIpc) is 3.23. The highest BCUT2D eigenvalue weighted by Crippen LogP contribution is 2.38. The summed E-state index contributed by atoms with van der Waals surface area (Å²) in [6, 6.07) is 4.11. The Labute approximate surface area is 148 Å². The second-order valence-corrected chi connectivity index (χ2v) is 6.51. The zero-order valence-corrected chi connectivity index (χ0v) is 14.3. The number of halogens is 1. The molecule has 26 heavy (non-hydrogen) atoms. The molecule has 0 bridgehead atoms. The Morgan fingerprint density at radius 3 is 3.08 bits per heavy atom. The number of fused-ring (bicyclic) bond motifs is 1. The standard InChI is InChI=1S/C17H19FN6O2/c1-24(9-15-20-12-5-4-11(18)8-13(12)21-15)17(25)19-7-6-14-22-16(26-23-14)10-2-3-10/h4-5,8,10H,2-3,6-7,9H2,1H3,(H,19,25)(H,20,21). The molecule has 0 radical (unpaired) electrons. The van der Waals surface area contributed by atoms with E-state index in [1.54, 1.807) is 13.1 Å². The Bertz CT molecular complexity index is 932. The number of hydrogen-bond donors (Lipinski definition) is 2. The zero-order valence-electron chi connectivity index (χ0n) is 14.3. The molecule has 0 aliphatic heterocycles. The van der Waals surface area contributed by atoms with Gasteiger partial charge in [-0.1, -0.05) is 5.16 Å². The number of imidazole rings is 1. The number of urea groups is 1. The number of aromatic nitrogens is 4. The Kier molecular flexibility index (Phi) is 4.27. The molecule has 4 rings (SSSR count). The highest BCUT2D eigenvalue weighted by Gasteiger charge is 2.29. The van der Waals surface area contributed by atoms with Gasteiger partial charge in [0, 0.05) is 25.9 Å². The van der Waals surface area contributed by atoms with Crippen LogP contribution in [-0.2, 0) is 13.0 Å². The van der Waals surface area contributed by atoms with E-state index in [0.29, 0.717) is 47.5 Å². The van der Waals surface area contributed by atoms with Gasteiger partial charge in [-0.25, -0.2) is 14.2 Å². The van der Waals surface area contributed by atoms with Crippen molar-refractivity contribution in [3.05, 3.63) is 41.6 Å². The van der Waals surface area contributed by atoms with Crippen LogP contribution in [0.3, 0.4) is 0 Å². The molecule has 136 valence electrons. The van der Waals surface area contributed by atoms with Crippen LogP contribution in [0.1, 0.15) is 36.3 Å². The Hall–Kier alpha value is -2.97. The molecule has 0 saturated heterocycles. The van der Waals surface area contributed by atoms with E-state index in [2.05, 4.69) is 25.4 Å². The summed E-state index contributed by atoms with van der Waals surface area (Å²) in [6.07, 6.45) is 2.73. The monoisotopic (exact) mass is 358 g/mol. The quantitative estimate of drug-likeness (QED) is 0.704. The third-order valence-corrected chi connectivity index (χ3v) is 4.26. The molecule has 2 heterocycles. The summed E-state index contributed by atoms with van der Waals surface area (Å²) in [5.41, 5.74) is 1.27. The molecular weight excluding hydrogens is 339 g/mol. The number of benzene rings is 1.